The Morgan fingerprint density at radius 3 is 2.71 bits per heavy atom. The first-order valence-electron chi connectivity index (χ1n) is 13.0. The van der Waals surface area contributed by atoms with Gasteiger partial charge in [-0.1, -0.05) is 13.8 Å². The van der Waals surface area contributed by atoms with E-state index in [9.17, 15) is 4.79 Å². The predicted octanol–water partition coefficient (Wildman–Crippen LogP) is 4.43. The highest BCUT2D eigenvalue weighted by Gasteiger charge is 2.21. The summed E-state index contributed by atoms with van der Waals surface area (Å²) in [5.41, 5.74) is 3.66. The van der Waals surface area contributed by atoms with Crippen LogP contribution in [0, 0.1) is 0 Å². The molecule has 2 N–H and O–H groups in total. The third kappa shape index (κ3) is 5.92. The van der Waals surface area contributed by atoms with Gasteiger partial charge in [-0.25, -0.2) is 9.97 Å². The lowest BCUT2D eigenvalue weighted by atomic mass is 10.2. The average Bonchev–Trinajstić information content (AvgIpc) is 3.16. The van der Waals surface area contributed by atoms with Crippen molar-refractivity contribution in [1.29, 1.82) is 0 Å². The summed E-state index contributed by atoms with van der Waals surface area (Å²) in [4.78, 5) is 31.5. The topological polar surface area (TPSA) is 114 Å². The highest BCUT2D eigenvalue weighted by molar-refractivity contribution is 5.98. The number of nitrogens with one attached hydrogen (secondary N) is 2. The van der Waals surface area contributed by atoms with Crippen LogP contribution in [0.3, 0.4) is 0 Å². The van der Waals surface area contributed by atoms with Crippen molar-refractivity contribution < 1.29 is 19.0 Å². The molecule has 2 fully saturated rings. The van der Waals surface area contributed by atoms with Crippen molar-refractivity contribution in [2.24, 2.45) is 0 Å². The van der Waals surface area contributed by atoms with Gasteiger partial charge in [-0.2, -0.15) is 0 Å². The molecule has 0 atom stereocenters. The summed E-state index contributed by atoms with van der Waals surface area (Å²) < 4.78 is 16.5. The van der Waals surface area contributed by atoms with Crippen molar-refractivity contribution in [2.75, 3.05) is 44.8 Å². The number of anilines is 2. The van der Waals surface area contributed by atoms with Gasteiger partial charge in [-0.3, -0.25) is 9.78 Å². The van der Waals surface area contributed by atoms with Gasteiger partial charge < -0.3 is 29.4 Å². The number of pyridine rings is 1. The van der Waals surface area contributed by atoms with Crippen molar-refractivity contribution in [1.82, 2.24) is 24.8 Å². The van der Waals surface area contributed by atoms with E-state index < -0.39 is 0 Å². The zero-order valence-electron chi connectivity index (χ0n) is 21.6. The first-order valence-corrected chi connectivity index (χ1v) is 13.0. The molecule has 0 saturated carbocycles. The Kier molecular flexibility index (Phi) is 8.10. The summed E-state index contributed by atoms with van der Waals surface area (Å²) >= 11 is 0. The number of ether oxygens (including phenoxy) is 3. The van der Waals surface area contributed by atoms with Crippen LogP contribution in [-0.4, -0.2) is 76.4 Å². The van der Waals surface area contributed by atoms with Crippen LogP contribution in [0.4, 0.5) is 11.6 Å². The van der Waals surface area contributed by atoms with Crippen LogP contribution >= 0.6 is 0 Å². The summed E-state index contributed by atoms with van der Waals surface area (Å²) in [7, 11) is 0. The quantitative estimate of drug-likeness (QED) is 0.387. The number of amides is 1. The molecule has 2 saturated heterocycles. The van der Waals surface area contributed by atoms with Crippen molar-refractivity contribution in [2.45, 2.75) is 26.4 Å². The fraction of sp³-hybridized carbons (Fsp3) is 0.357. The molecular weight excluding hydrogens is 484 g/mol. The number of nitrogens with zero attached hydrogens (tertiary/aromatic N) is 4. The van der Waals surface area contributed by atoms with E-state index in [1.54, 1.807) is 12.4 Å². The molecule has 0 spiro atoms. The van der Waals surface area contributed by atoms with Gasteiger partial charge >= 0.3 is 0 Å². The molecule has 2 aliphatic rings. The van der Waals surface area contributed by atoms with Gasteiger partial charge in [0, 0.05) is 54.7 Å². The molecule has 38 heavy (non-hydrogen) atoms. The van der Waals surface area contributed by atoms with Crippen LogP contribution < -0.4 is 10.1 Å². The van der Waals surface area contributed by atoms with Gasteiger partial charge in [0.15, 0.2) is 0 Å². The number of benzene rings is 1. The molecule has 10 nitrogen and oxygen atoms in total. The Morgan fingerprint density at radius 1 is 1.00 bits per heavy atom. The van der Waals surface area contributed by atoms with E-state index in [2.05, 4.69) is 25.3 Å². The Balaban J connectivity index is 0.00000144. The number of hydrogen-bond donors (Lipinski definition) is 2. The van der Waals surface area contributed by atoms with Gasteiger partial charge in [0.2, 0.25) is 5.95 Å². The largest absolute Gasteiger partial charge is 0.485 e. The molecule has 5 heterocycles. The van der Waals surface area contributed by atoms with Crippen LogP contribution in [-0.2, 0) is 9.47 Å². The summed E-state index contributed by atoms with van der Waals surface area (Å²) in [5.74, 6) is 1.17. The van der Waals surface area contributed by atoms with E-state index in [4.69, 9.17) is 14.2 Å². The maximum atomic E-state index is 13.0. The lowest BCUT2D eigenvalue weighted by Crippen LogP contribution is -2.38. The highest BCUT2D eigenvalue weighted by Crippen LogP contribution is 2.25. The second-order valence-corrected chi connectivity index (χ2v) is 8.79. The number of rotatable bonds is 6. The van der Waals surface area contributed by atoms with Gasteiger partial charge in [0.1, 0.15) is 17.5 Å². The number of hydrogen-bond acceptors (Lipinski definition) is 8. The Morgan fingerprint density at radius 2 is 1.87 bits per heavy atom. The van der Waals surface area contributed by atoms with Crippen molar-refractivity contribution >= 4 is 28.4 Å². The summed E-state index contributed by atoms with van der Waals surface area (Å²) in [6.07, 6.45) is 4.33. The fourth-order valence-corrected chi connectivity index (χ4v) is 4.23. The molecule has 1 amide bonds. The maximum Gasteiger partial charge on any atom is 0.270 e. The standard InChI is InChI=1S/C26H26N6O4.C2H6/c33-25(32-8-1-10-34-11-9-32)24-13-17-12-18(2-3-21(17)30-24)29-26-28-7-5-22(31-26)23-14-19(4-6-27-23)36-20-15-35-16-20;1-2/h2-7,12-14,20,30H,1,8-11,15-16H2,(H,28,29,31);1-2H3. The molecule has 3 aromatic heterocycles. The highest BCUT2D eigenvalue weighted by atomic mass is 16.6. The van der Waals surface area contributed by atoms with Crippen LogP contribution in [0.2, 0.25) is 0 Å². The molecule has 0 bridgehead atoms. The molecule has 198 valence electrons. The van der Waals surface area contributed by atoms with E-state index in [-0.39, 0.29) is 12.0 Å². The van der Waals surface area contributed by atoms with Crippen LogP contribution in [0.1, 0.15) is 30.8 Å². The van der Waals surface area contributed by atoms with E-state index in [1.165, 1.54) is 0 Å². The van der Waals surface area contributed by atoms with E-state index in [0.29, 0.717) is 62.5 Å². The van der Waals surface area contributed by atoms with Crippen LogP contribution in [0.15, 0.2) is 54.9 Å². The van der Waals surface area contributed by atoms with E-state index in [1.807, 2.05) is 61.2 Å². The first-order chi connectivity index (χ1) is 18.7. The number of aromatic nitrogens is 4. The second-order valence-electron chi connectivity index (χ2n) is 8.79. The van der Waals surface area contributed by atoms with Crippen molar-refractivity contribution in [3.05, 3.63) is 60.6 Å². The lowest BCUT2D eigenvalue weighted by molar-refractivity contribution is -0.0796. The number of aromatic amines is 1. The molecule has 10 heteroatoms. The Bertz CT molecular complexity index is 1380. The number of carbonyl (C=O) groups excluding carboxylic acids is 1. The minimum atomic E-state index is -0.00853. The molecule has 1 aromatic carbocycles. The van der Waals surface area contributed by atoms with Crippen molar-refractivity contribution in [3.63, 3.8) is 0 Å². The second kappa shape index (κ2) is 12.0. The minimum Gasteiger partial charge on any atom is -0.485 e. The lowest BCUT2D eigenvalue weighted by Gasteiger charge is -2.26. The van der Waals surface area contributed by atoms with E-state index >= 15 is 0 Å². The van der Waals surface area contributed by atoms with E-state index in [0.717, 1.165) is 28.8 Å². The zero-order chi connectivity index (χ0) is 26.3. The smallest absolute Gasteiger partial charge is 0.270 e. The first kappa shape index (κ1) is 25.6. The average molecular weight is 517 g/mol. The molecule has 0 unspecified atom stereocenters. The third-order valence-corrected chi connectivity index (χ3v) is 6.18. The predicted molar refractivity (Wildman–Crippen MR) is 145 cm³/mol. The number of fused-ring (bicyclic) bond motifs is 1. The molecule has 2 aliphatic heterocycles. The summed E-state index contributed by atoms with van der Waals surface area (Å²) in [5, 5.41) is 4.19. The Hall–Kier alpha value is -4.02. The SMILES string of the molecule is CC.O=C(c1cc2cc(Nc3nccc(-c4cc(OC5COC5)ccn4)n3)ccc2[nH]1)N1CCCOCC1. The monoisotopic (exact) mass is 516 g/mol. The fourth-order valence-electron chi connectivity index (χ4n) is 4.23. The van der Waals surface area contributed by atoms with Crippen LogP contribution in [0.5, 0.6) is 5.75 Å². The van der Waals surface area contributed by atoms with Gasteiger partial charge in [-0.15, -0.1) is 0 Å². The molecule has 0 radical (unpaired) electrons. The molecular formula is C28H32N6O4. The van der Waals surface area contributed by atoms with Gasteiger partial charge in [0.05, 0.1) is 31.2 Å². The van der Waals surface area contributed by atoms with Gasteiger partial charge in [-0.05, 0) is 42.8 Å². The normalized spacial score (nSPS) is 15.7. The summed E-state index contributed by atoms with van der Waals surface area (Å²) in [6.45, 7) is 7.78. The minimum absolute atomic E-state index is 0.00853. The molecule has 4 aromatic rings. The molecule has 0 aliphatic carbocycles. The van der Waals surface area contributed by atoms with Gasteiger partial charge in [0.25, 0.3) is 5.91 Å². The third-order valence-electron chi connectivity index (χ3n) is 6.18. The van der Waals surface area contributed by atoms with Crippen LogP contribution in [0.25, 0.3) is 22.3 Å². The maximum absolute atomic E-state index is 13.0. The zero-order valence-corrected chi connectivity index (χ0v) is 21.6. The summed E-state index contributed by atoms with van der Waals surface area (Å²) in [6, 6.07) is 13.2. The number of carbonyl (C=O) groups is 1. The number of H-pyrrole nitrogens is 1. The Labute approximate surface area is 221 Å². The molecule has 6 rings (SSSR count). The van der Waals surface area contributed by atoms with Crippen molar-refractivity contribution in [3.8, 4) is 17.1 Å².